The SMILES string of the molecule is CC(C)CCOC(=O)c1ccc2c(c1)NC(=O)CS2. The summed E-state index contributed by atoms with van der Waals surface area (Å²) in [6.45, 7) is 4.59. The summed E-state index contributed by atoms with van der Waals surface area (Å²) in [5, 5.41) is 2.76. The lowest BCUT2D eigenvalue weighted by molar-refractivity contribution is -0.113. The number of thioether (sulfide) groups is 1. The van der Waals surface area contributed by atoms with Crippen molar-refractivity contribution in [3.8, 4) is 0 Å². The van der Waals surface area contributed by atoms with Crippen LogP contribution in [-0.2, 0) is 9.53 Å². The summed E-state index contributed by atoms with van der Waals surface area (Å²) >= 11 is 1.47. The van der Waals surface area contributed by atoms with Crippen molar-refractivity contribution in [1.29, 1.82) is 0 Å². The van der Waals surface area contributed by atoms with Crippen molar-refractivity contribution in [2.75, 3.05) is 17.7 Å². The molecule has 1 heterocycles. The molecule has 19 heavy (non-hydrogen) atoms. The molecule has 0 bridgehead atoms. The summed E-state index contributed by atoms with van der Waals surface area (Å²) in [7, 11) is 0. The van der Waals surface area contributed by atoms with Gasteiger partial charge in [-0.25, -0.2) is 4.79 Å². The standard InChI is InChI=1S/C14H17NO3S/c1-9(2)5-6-18-14(17)10-3-4-12-11(7-10)15-13(16)8-19-12/h3-4,7,9H,5-6,8H2,1-2H3,(H,15,16). The number of fused-ring (bicyclic) bond motifs is 1. The van der Waals surface area contributed by atoms with E-state index in [4.69, 9.17) is 4.74 Å². The fourth-order valence-electron chi connectivity index (χ4n) is 1.68. The van der Waals surface area contributed by atoms with Crippen LogP contribution in [0.15, 0.2) is 23.1 Å². The molecule has 0 unspecified atom stereocenters. The molecule has 4 nitrogen and oxygen atoms in total. The molecule has 0 aromatic heterocycles. The zero-order chi connectivity index (χ0) is 13.8. The number of rotatable bonds is 4. The predicted molar refractivity (Wildman–Crippen MR) is 75.5 cm³/mol. The van der Waals surface area contributed by atoms with Gasteiger partial charge in [-0.05, 0) is 30.5 Å². The Bertz CT molecular complexity index is 499. The summed E-state index contributed by atoms with van der Waals surface area (Å²) in [5.74, 6) is 0.550. The number of nitrogens with one attached hydrogen (secondary N) is 1. The second-order valence-electron chi connectivity index (χ2n) is 4.87. The lowest BCUT2D eigenvalue weighted by Gasteiger charge is -2.16. The van der Waals surface area contributed by atoms with E-state index in [9.17, 15) is 9.59 Å². The molecule has 1 aliphatic heterocycles. The topological polar surface area (TPSA) is 55.4 Å². The minimum Gasteiger partial charge on any atom is -0.462 e. The first kappa shape index (κ1) is 13.9. The van der Waals surface area contributed by atoms with Crippen LogP contribution in [0, 0.1) is 5.92 Å². The zero-order valence-electron chi connectivity index (χ0n) is 11.1. The summed E-state index contributed by atoms with van der Waals surface area (Å²) in [6, 6.07) is 5.26. The van der Waals surface area contributed by atoms with Gasteiger partial charge in [0.05, 0.1) is 23.6 Å². The van der Waals surface area contributed by atoms with Crippen LogP contribution in [0.4, 0.5) is 5.69 Å². The molecule has 1 aromatic rings. The number of carbonyl (C=O) groups excluding carboxylic acids is 2. The quantitative estimate of drug-likeness (QED) is 0.861. The molecule has 2 rings (SSSR count). The minimum absolute atomic E-state index is 0.0391. The van der Waals surface area contributed by atoms with Gasteiger partial charge in [-0.3, -0.25) is 4.79 Å². The maximum Gasteiger partial charge on any atom is 0.338 e. The van der Waals surface area contributed by atoms with E-state index in [1.807, 2.05) is 6.07 Å². The molecule has 5 heteroatoms. The molecule has 1 amide bonds. The van der Waals surface area contributed by atoms with Crippen LogP contribution >= 0.6 is 11.8 Å². The number of esters is 1. The third kappa shape index (κ3) is 3.73. The van der Waals surface area contributed by atoms with Crippen LogP contribution in [0.3, 0.4) is 0 Å². The highest BCUT2D eigenvalue weighted by Gasteiger charge is 2.17. The number of amides is 1. The van der Waals surface area contributed by atoms with Gasteiger partial charge in [0.1, 0.15) is 0 Å². The molecule has 0 saturated carbocycles. The van der Waals surface area contributed by atoms with Gasteiger partial charge in [-0.15, -0.1) is 11.8 Å². The summed E-state index contributed by atoms with van der Waals surface area (Å²) in [4.78, 5) is 24.1. The fourth-order valence-corrected chi connectivity index (χ4v) is 2.47. The number of hydrogen-bond donors (Lipinski definition) is 1. The highest BCUT2D eigenvalue weighted by molar-refractivity contribution is 8.00. The van der Waals surface area contributed by atoms with Gasteiger partial charge in [0.15, 0.2) is 0 Å². The minimum atomic E-state index is -0.340. The molecule has 0 radical (unpaired) electrons. The predicted octanol–water partition coefficient (Wildman–Crippen LogP) is 2.93. The van der Waals surface area contributed by atoms with E-state index in [0.29, 0.717) is 29.5 Å². The molecular weight excluding hydrogens is 262 g/mol. The monoisotopic (exact) mass is 279 g/mol. The van der Waals surface area contributed by atoms with E-state index in [-0.39, 0.29) is 11.9 Å². The number of benzene rings is 1. The van der Waals surface area contributed by atoms with Crippen molar-refractivity contribution < 1.29 is 14.3 Å². The lowest BCUT2D eigenvalue weighted by atomic mass is 10.1. The molecule has 102 valence electrons. The van der Waals surface area contributed by atoms with Crippen LogP contribution in [-0.4, -0.2) is 24.2 Å². The van der Waals surface area contributed by atoms with Crippen LogP contribution in [0.5, 0.6) is 0 Å². The number of anilines is 1. The molecular formula is C14H17NO3S. The summed E-state index contributed by atoms with van der Waals surface area (Å²) < 4.78 is 5.20. The third-order valence-corrected chi connectivity index (χ3v) is 3.85. The number of carbonyl (C=O) groups is 2. The molecule has 1 N–H and O–H groups in total. The maximum atomic E-state index is 11.9. The second kappa shape index (κ2) is 6.10. The van der Waals surface area contributed by atoms with E-state index in [2.05, 4.69) is 19.2 Å². The highest BCUT2D eigenvalue weighted by atomic mass is 32.2. The van der Waals surface area contributed by atoms with Crippen LogP contribution in [0.1, 0.15) is 30.6 Å². The molecule has 0 atom stereocenters. The number of hydrogen-bond acceptors (Lipinski definition) is 4. The van der Waals surface area contributed by atoms with Crippen LogP contribution < -0.4 is 5.32 Å². The van der Waals surface area contributed by atoms with Gasteiger partial charge in [-0.1, -0.05) is 13.8 Å². The van der Waals surface area contributed by atoms with Crippen molar-refractivity contribution in [2.45, 2.75) is 25.2 Å². The lowest BCUT2D eigenvalue weighted by Crippen LogP contribution is -2.19. The Labute approximate surface area is 116 Å². The zero-order valence-corrected chi connectivity index (χ0v) is 11.9. The van der Waals surface area contributed by atoms with Crippen molar-refractivity contribution in [1.82, 2.24) is 0 Å². The summed E-state index contributed by atoms with van der Waals surface area (Å²) in [5.41, 5.74) is 1.17. The van der Waals surface area contributed by atoms with E-state index in [0.717, 1.165) is 11.3 Å². The van der Waals surface area contributed by atoms with Gasteiger partial charge >= 0.3 is 5.97 Å². The normalized spacial score (nSPS) is 13.9. The van der Waals surface area contributed by atoms with Gasteiger partial charge in [-0.2, -0.15) is 0 Å². The molecule has 1 aliphatic rings. The Morgan fingerprint density at radius 3 is 3.00 bits per heavy atom. The first-order valence-corrected chi connectivity index (χ1v) is 7.28. The van der Waals surface area contributed by atoms with Crippen molar-refractivity contribution in [2.24, 2.45) is 5.92 Å². The smallest absolute Gasteiger partial charge is 0.338 e. The average molecular weight is 279 g/mol. The van der Waals surface area contributed by atoms with E-state index in [1.165, 1.54) is 11.8 Å². The molecule has 0 spiro atoms. The summed E-state index contributed by atoms with van der Waals surface area (Å²) in [6.07, 6.45) is 0.850. The maximum absolute atomic E-state index is 11.9. The van der Waals surface area contributed by atoms with Crippen molar-refractivity contribution >= 4 is 29.3 Å². The molecule has 1 aromatic carbocycles. The van der Waals surface area contributed by atoms with E-state index < -0.39 is 0 Å². The molecule has 0 saturated heterocycles. The Kier molecular flexibility index (Phi) is 4.47. The first-order chi connectivity index (χ1) is 9.06. The van der Waals surface area contributed by atoms with E-state index >= 15 is 0 Å². The first-order valence-electron chi connectivity index (χ1n) is 6.30. The average Bonchev–Trinajstić information content (AvgIpc) is 2.37. The van der Waals surface area contributed by atoms with Crippen LogP contribution in [0.25, 0.3) is 0 Å². The van der Waals surface area contributed by atoms with Crippen LogP contribution in [0.2, 0.25) is 0 Å². The Morgan fingerprint density at radius 1 is 1.47 bits per heavy atom. The van der Waals surface area contributed by atoms with Gasteiger partial charge < -0.3 is 10.1 Å². The van der Waals surface area contributed by atoms with Crippen molar-refractivity contribution in [3.63, 3.8) is 0 Å². The van der Waals surface area contributed by atoms with Gasteiger partial charge in [0, 0.05) is 4.90 Å². The highest BCUT2D eigenvalue weighted by Crippen LogP contribution is 2.32. The molecule has 0 fully saturated rings. The Morgan fingerprint density at radius 2 is 2.26 bits per heavy atom. The van der Waals surface area contributed by atoms with Gasteiger partial charge in [0.2, 0.25) is 5.91 Å². The van der Waals surface area contributed by atoms with Gasteiger partial charge in [0.25, 0.3) is 0 Å². The largest absolute Gasteiger partial charge is 0.462 e. The Balaban J connectivity index is 2.02. The van der Waals surface area contributed by atoms with E-state index in [1.54, 1.807) is 12.1 Å². The molecule has 0 aliphatic carbocycles. The Hall–Kier alpha value is -1.49. The number of ether oxygens (including phenoxy) is 1. The third-order valence-electron chi connectivity index (χ3n) is 2.78. The van der Waals surface area contributed by atoms with Crippen molar-refractivity contribution in [3.05, 3.63) is 23.8 Å². The fraction of sp³-hybridized carbons (Fsp3) is 0.429. The second-order valence-corrected chi connectivity index (χ2v) is 5.88.